The summed E-state index contributed by atoms with van der Waals surface area (Å²) in [6.07, 6.45) is 5.41. The van der Waals surface area contributed by atoms with Gasteiger partial charge in [-0.25, -0.2) is 9.59 Å². The highest BCUT2D eigenvalue weighted by Gasteiger charge is 2.21. The molecule has 0 saturated heterocycles. The second kappa shape index (κ2) is 5.35. The molecule has 0 aromatic carbocycles. The molecular weight excluding hydrogens is 272 g/mol. The maximum Gasteiger partial charge on any atom is 0.337 e. The fraction of sp³-hybridized carbons (Fsp3) is 0.533. The van der Waals surface area contributed by atoms with E-state index in [1.807, 2.05) is 6.92 Å². The Morgan fingerprint density at radius 2 is 2.00 bits per heavy atom. The zero-order chi connectivity index (χ0) is 15.0. The highest BCUT2D eigenvalue weighted by atomic mass is 16.4. The monoisotopic (exact) mass is 292 g/mol. The number of rotatable bonds is 2. The van der Waals surface area contributed by atoms with E-state index in [1.165, 1.54) is 10.6 Å². The maximum absolute atomic E-state index is 12.7. The van der Waals surface area contributed by atoms with Gasteiger partial charge >= 0.3 is 11.3 Å². The summed E-state index contributed by atoms with van der Waals surface area (Å²) in [7, 11) is 0. The van der Waals surface area contributed by atoms with Crippen LogP contribution in [0.3, 0.4) is 0 Å². The Morgan fingerprint density at radius 3 is 2.67 bits per heavy atom. The van der Waals surface area contributed by atoms with E-state index in [4.69, 9.17) is 4.42 Å². The molecule has 2 aromatic rings. The highest BCUT2D eigenvalue weighted by Crippen LogP contribution is 2.26. The second-order valence-corrected chi connectivity index (χ2v) is 5.55. The van der Waals surface area contributed by atoms with Crippen LogP contribution in [0, 0.1) is 0 Å². The molecule has 0 amide bonds. The Morgan fingerprint density at radius 1 is 1.29 bits per heavy atom. The van der Waals surface area contributed by atoms with Gasteiger partial charge in [-0.15, -0.1) is 0 Å². The first-order valence-corrected chi connectivity index (χ1v) is 7.43. The predicted molar refractivity (Wildman–Crippen MR) is 81.0 cm³/mol. The molecule has 1 aliphatic carbocycles. The van der Waals surface area contributed by atoms with Gasteiger partial charge in [0.05, 0.1) is 0 Å². The Hall–Kier alpha value is -2.11. The van der Waals surface area contributed by atoms with Gasteiger partial charge in [-0.3, -0.25) is 14.3 Å². The van der Waals surface area contributed by atoms with Gasteiger partial charge < -0.3 is 4.42 Å². The van der Waals surface area contributed by atoms with Crippen molar-refractivity contribution in [2.45, 2.75) is 51.5 Å². The van der Waals surface area contributed by atoms with Crippen LogP contribution in [0.4, 0.5) is 0 Å². The van der Waals surface area contributed by atoms with Gasteiger partial charge in [-0.1, -0.05) is 26.2 Å². The number of H-pyrrole nitrogens is 1. The lowest BCUT2D eigenvalue weighted by Crippen LogP contribution is -2.39. The molecule has 21 heavy (non-hydrogen) atoms. The summed E-state index contributed by atoms with van der Waals surface area (Å²) in [5.41, 5.74) is -0.782. The summed E-state index contributed by atoms with van der Waals surface area (Å²) in [5.74, 6) is 0. The van der Waals surface area contributed by atoms with Gasteiger partial charge in [0.2, 0.25) is 5.71 Å². The number of aromatic nitrogens is 2. The first-order valence-electron chi connectivity index (χ1n) is 7.43. The molecule has 2 aromatic heterocycles. The zero-order valence-electron chi connectivity index (χ0n) is 12.0. The molecule has 6 heteroatoms. The quantitative estimate of drug-likeness (QED) is 0.916. The minimum atomic E-state index is -0.551. The third-order valence-corrected chi connectivity index (χ3v) is 4.24. The summed E-state index contributed by atoms with van der Waals surface area (Å²) in [5, 5.41) is 0.322. The topological polar surface area (TPSA) is 85.1 Å². The molecule has 6 nitrogen and oxygen atoms in total. The minimum Gasteiger partial charge on any atom is -0.405 e. The van der Waals surface area contributed by atoms with E-state index in [-0.39, 0.29) is 18.7 Å². The lowest BCUT2D eigenvalue weighted by atomic mass is 9.95. The molecule has 3 rings (SSSR count). The molecule has 1 aliphatic rings. The molecular formula is C15H20N2O4. The molecule has 2 heterocycles. The van der Waals surface area contributed by atoms with E-state index in [0.29, 0.717) is 17.4 Å². The molecule has 0 atom stereocenters. The van der Waals surface area contributed by atoms with E-state index in [0.717, 1.165) is 32.1 Å². The van der Waals surface area contributed by atoms with Crippen molar-refractivity contribution in [3.05, 3.63) is 42.9 Å². The average Bonchev–Trinajstić information content (AvgIpc) is 2.47. The molecule has 0 aliphatic heterocycles. The molecule has 0 radical (unpaired) electrons. The van der Waals surface area contributed by atoms with Crippen LogP contribution >= 0.6 is 0 Å². The number of aryl methyl sites for hydroxylation is 1. The normalized spacial score (nSPS) is 16.4. The third-order valence-electron chi connectivity index (χ3n) is 4.24. The minimum absolute atomic E-state index is 0. The van der Waals surface area contributed by atoms with E-state index in [1.54, 1.807) is 0 Å². The first kappa shape index (κ1) is 13.9. The number of hydrogen-bond acceptors (Lipinski definition) is 4. The van der Waals surface area contributed by atoms with Gasteiger partial charge in [-0.2, -0.15) is 0 Å². The molecule has 1 saturated carbocycles. The number of aromatic amines is 1. The van der Waals surface area contributed by atoms with Crippen molar-refractivity contribution in [2.24, 2.45) is 0 Å². The number of nitrogens with one attached hydrogen (secondary N) is 1. The number of nitrogens with zero attached hydrogens (tertiary/aromatic N) is 1. The van der Waals surface area contributed by atoms with Gasteiger partial charge in [-0.05, 0) is 24.8 Å². The molecule has 114 valence electrons. The van der Waals surface area contributed by atoms with Crippen LogP contribution in [0.2, 0.25) is 0 Å². The van der Waals surface area contributed by atoms with Crippen LogP contribution in [0.15, 0.2) is 24.9 Å². The van der Waals surface area contributed by atoms with Crippen molar-refractivity contribution in [1.82, 2.24) is 9.55 Å². The first-order chi connectivity index (χ1) is 10.1. The van der Waals surface area contributed by atoms with Gasteiger partial charge in [0, 0.05) is 13.5 Å². The molecule has 1 N–H and O–H groups in total. The van der Waals surface area contributed by atoms with Crippen LogP contribution in [-0.2, 0) is 6.42 Å². The summed E-state index contributed by atoms with van der Waals surface area (Å²) >= 11 is 0. The molecule has 0 spiro atoms. The van der Waals surface area contributed by atoms with Crippen LogP contribution in [0.5, 0.6) is 0 Å². The SMILES string of the molecule is CCc1cc(=O)oc2[nH]c(=O)n(C3CCCCC3)c(=O)c12.[HH]. The Kier molecular flexibility index (Phi) is 3.53. The van der Waals surface area contributed by atoms with Crippen molar-refractivity contribution < 1.29 is 5.84 Å². The lowest BCUT2D eigenvalue weighted by molar-refractivity contribution is 0.337. The van der Waals surface area contributed by atoms with Crippen LogP contribution in [-0.4, -0.2) is 9.55 Å². The van der Waals surface area contributed by atoms with Crippen LogP contribution in [0.25, 0.3) is 11.1 Å². The number of hydrogen-bond donors (Lipinski definition) is 1. The zero-order valence-corrected chi connectivity index (χ0v) is 12.0. The third kappa shape index (κ3) is 2.34. The average molecular weight is 292 g/mol. The van der Waals surface area contributed by atoms with E-state index < -0.39 is 11.3 Å². The lowest BCUT2D eigenvalue weighted by Gasteiger charge is -2.23. The van der Waals surface area contributed by atoms with Crippen molar-refractivity contribution >= 4 is 11.1 Å². The standard InChI is InChI=1S/C15H18N2O4.H2/c1-2-9-8-11(18)21-13-12(9)14(19)17(15(20)16-13)10-6-4-3-5-7-10;/h8,10H,2-7H2,1H3,(H,16,20);1H. The molecule has 0 bridgehead atoms. The Balaban J connectivity index is 0.00000176. The summed E-state index contributed by atoms with van der Waals surface area (Å²) < 4.78 is 6.29. The van der Waals surface area contributed by atoms with E-state index in [2.05, 4.69) is 4.98 Å². The van der Waals surface area contributed by atoms with Crippen LogP contribution in [0.1, 0.15) is 52.1 Å². The fourth-order valence-corrected chi connectivity index (χ4v) is 3.18. The van der Waals surface area contributed by atoms with E-state index in [9.17, 15) is 14.4 Å². The molecule has 0 unspecified atom stereocenters. The molecule has 1 fully saturated rings. The second-order valence-electron chi connectivity index (χ2n) is 5.55. The number of fused-ring (bicyclic) bond motifs is 1. The largest absolute Gasteiger partial charge is 0.405 e. The Bertz CT molecular complexity index is 843. The Labute approximate surface area is 121 Å². The smallest absolute Gasteiger partial charge is 0.337 e. The fourth-order valence-electron chi connectivity index (χ4n) is 3.18. The summed E-state index contributed by atoms with van der Waals surface area (Å²) in [6.45, 7) is 1.86. The van der Waals surface area contributed by atoms with Crippen LogP contribution < -0.4 is 16.9 Å². The van der Waals surface area contributed by atoms with Crippen molar-refractivity contribution in [3.63, 3.8) is 0 Å². The van der Waals surface area contributed by atoms with Gasteiger partial charge in [0.25, 0.3) is 5.56 Å². The highest BCUT2D eigenvalue weighted by molar-refractivity contribution is 5.75. The predicted octanol–water partition coefficient (Wildman–Crippen LogP) is 1.96. The van der Waals surface area contributed by atoms with Crippen molar-refractivity contribution in [1.29, 1.82) is 0 Å². The van der Waals surface area contributed by atoms with Crippen molar-refractivity contribution in [3.8, 4) is 0 Å². The summed E-state index contributed by atoms with van der Waals surface area (Å²) in [4.78, 5) is 39.0. The van der Waals surface area contributed by atoms with Gasteiger partial charge in [0.15, 0.2) is 0 Å². The van der Waals surface area contributed by atoms with Crippen molar-refractivity contribution in [2.75, 3.05) is 0 Å². The summed E-state index contributed by atoms with van der Waals surface area (Å²) in [6, 6.07) is 1.27. The maximum atomic E-state index is 12.7. The van der Waals surface area contributed by atoms with E-state index >= 15 is 0 Å². The van der Waals surface area contributed by atoms with Gasteiger partial charge in [0.1, 0.15) is 5.39 Å².